The van der Waals surface area contributed by atoms with E-state index in [0.29, 0.717) is 23.5 Å². The highest BCUT2D eigenvalue weighted by Crippen LogP contribution is 2.32. The molecule has 124 valence electrons. The topological polar surface area (TPSA) is 67.3 Å². The molecule has 0 amide bonds. The molecule has 1 heterocycles. The number of carboxylic acids is 1. The van der Waals surface area contributed by atoms with Gasteiger partial charge in [0.1, 0.15) is 0 Å². The summed E-state index contributed by atoms with van der Waals surface area (Å²) in [6.07, 6.45) is 9.08. The normalized spacial score (nSPS) is 15.2. The lowest BCUT2D eigenvalue weighted by molar-refractivity contribution is 0.0697. The molecule has 0 spiro atoms. The number of nitrogens with zero attached hydrogens (tertiary/aromatic N) is 1. The zero-order valence-corrected chi connectivity index (χ0v) is 13.6. The van der Waals surface area contributed by atoms with Gasteiger partial charge in [-0.2, -0.15) is 0 Å². The summed E-state index contributed by atoms with van der Waals surface area (Å²) in [4.78, 5) is 28.5. The second kappa shape index (κ2) is 7.39. The number of carboxylic acid groups (broad SMARTS) is 1. The minimum absolute atomic E-state index is 0.00338. The first-order valence-corrected chi connectivity index (χ1v) is 8.46. The Hall–Kier alpha value is -2.49. The van der Waals surface area contributed by atoms with Crippen molar-refractivity contribution in [2.45, 2.75) is 38.5 Å². The number of aromatic nitrogens is 1. The number of pyridine rings is 1. The van der Waals surface area contributed by atoms with Crippen LogP contribution in [0, 0.1) is 5.92 Å². The second-order valence-corrected chi connectivity index (χ2v) is 6.41. The maximum atomic E-state index is 12.8. The van der Waals surface area contributed by atoms with Crippen molar-refractivity contribution in [1.29, 1.82) is 0 Å². The van der Waals surface area contributed by atoms with Crippen molar-refractivity contribution >= 4 is 11.8 Å². The Morgan fingerprint density at radius 3 is 2.33 bits per heavy atom. The summed E-state index contributed by atoms with van der Waals surface area (Å²) in [5.41, 5.74) is 1.73. The van der Waals surface area contributed by atoms with Crippen LogP contribution in [0.1, 0.15) is 59.2 Å². The van der Waals surface area contributed by atoms with Gasteiger partial charge in [0.25, 0.3) is 0 Å². The van der Waals surface area contributed by atoms with Crippen LogP contribution in [0.25, 0.3) is 11.1 Å². The van der Waals surface area contributed by atoms with Gasteiger partial charge in [0.2, 0.25) is 0 Å². The van der Waals surface area contributed by atoms with Crippen molar-refractivity contribution in [2.24, 2.45) is 5.92 Å². The van der Waals surface area contributed by atoms with Gasteiger partial charge in [-0.25, -0.2) is 4.79 Å². The Balaban J connectivity index is 1.99. The molecule has 0 aliphatic heterocycles. The number of carbonyl (C=O) groups is 2. The zero-order chi connectivity index (χ0) is 16.9. The highest BCUT2D eigenvalue weighted by molar-refractivity contribution is 6.07. The molecular formula is C20H21NO3. The summed E-state index contributed by atoms with van der Waals surface area (Å²) in [6.45, 7) is 0. The molecule has 1 aliphatic rings. The molecule has 24 heavy (non-hydrogen) atoms. The molecule has 1 aromatic carbocycles. The van der Waals surface area contributed by atoms with Gasteiger partial charge in [-0.3, -0.25) is 9.78 Å². The number of aromatic carboxylic acids is 1. The third kappa shape index (κ3) is 3.53. The molecule has 0 bridgehead atoms. The Morgan fingerprint density at radius 1 is 1.00 bits per heavy atom. The van der Waals surface area contributed by atoms with Crippen molar-refractivity contribution in [1.82, 2.24) is 4.98 Å². The second-order valence-electron chi connectivity index (χ2n) is 6.41. The third-order valence-electron chi connectivity index (χ3n) is 4.74. The van der Waals surface area contributed by atoms with Crippen molar-refractivity contribution in [3.8, 4) is 11.1 Å². The number of hydrogen-bond donors (Lipinski definition) is 1. The van der Waals surface area contributed by atoms with Crippen molar-refractivity contribution < 1.29 is 14.7 Å². The van der Waals surface area contributed by atoms with Gasteiger partial charge >= 0.3 is 5.97 Å². The van der Waals surface area contributed by atoms with Crippen LogP contribution < -0.4 is 0 Å². The molecule has 1 N–H and O–H groups in total. The van der Waals surface area contributed by atoms with Gasteiger partial charge in [-0.05, 0) is 11.5 Å². The van der Waals surface area contributed by atoms with Gasteiger partial charge in [-0.1, -0.05) is 62.4 Å². The molecule has 2 aromatic rings. The molecule has 0 atom stereocenters. The Labute approximate surface area is 141 Å². The van der Waals surface area contributed by atoms with Gasteiger partial charge in [0.05, 0.1) is 5.56 Å². The van der Waals surface area contributed by atoms with Gasteiger partial charge in [0.15, 0.2) is 5.78 Å². The van der Waals surface area contributed by atoms with Crippen LogP contribution in [-0.4, -0.2) is 21.8 Å². The number of hydrogen-bond acceptors (Lipinski definition) is 3. The van der Waals surface area contributed by atoms with Crippen molar-refractivity contribution in [3.63, 3.8) is 0 Å². The fraction of sp³-hybridized carbons (Fsp3) is 0.350. The van der Waals surface area contributed by atoms with Crippen LogP contribution in [0.5, 0.6) is 0 Å². The van der Waals surface area contributed by atoms with E-state index in [1.165, 1.54) is 31.7 Å². The SMILES string of the molecule is O=C(O)c1cncc(C(=O)CC2CCCCC2)c1-c1ccccc1. The molecule has 1 fully saturated rings. The molecule has 1 saturated carbocycles. The average molecular weight is 323 g/mol. The lowest BCUT2D eigenvalue weighted by Gasteiger charge is -2.21. The first-order chi connectivity index (χ1) is 11.7. The van der Waals surface area contributed by atoms with E-state index in [-0.39, 0.29) is 11.3 Å². The Kier molecular flexibility index (Phi) is 5.04. The predicted octanol–water partition coefficient (Wildman–Crippen LogP) is 4.60. The van der Waals surface area contributed by atoms with E-state index in [1.54, 1.807) is 0 Å². The van der Waals surface area contributed by atoms with E-state index >= 15 is 0 Å². The van der Waals surface area contributed by atoms with E-state index in [2.05, 4.69) is 4.98 Å². The number of carbonyl (C=O) groups excluding carboxylic acids is 1. The number of ketones is 1. The fourth-order valence-corrected chi connectivity index (χ4v) is 3.51. The molecule has 0 unspecified atom stereocenters. The summed E-state index contributed by atoms with van der Waals surface area (Å²) in [7, 11) is 0. The molecule has 1 aromatic heterocycles. The van der Waals surface area contributed by atoms with E-state index in [9.17, 15) is 14.7 Å². The van der Waals surface area contributed by atoms with Gasteiger partial charge in [-0.15, -0.1) is 0 Å². The minimum Gasteiger partial charge on any atom is -0.478 e. The van der Waals surface area contributed by atoms with Gasteiger partial charge in [0, 0.05) is 29.9 Å². The first-order valence-electron chi connectivity index (χ1n) is 8.46. The molecule has 0 radical (unpaired) electrons. The fourth-order valence-electron chi connectivity index (χ4n) is 3.51. The van der Waals surface area contributed by atoms with Crippen LogP contribution in [0.2, 0.25) is 0 Å². The number of rotatable bonds is 5. The zero-order valence-electron chi connectivity index (χ0n) is 13.6. The average Bonchev–Trinajstić information content (AvgIpc) is 2.62. The molecule has 3 rings (SSSR count). The predicted molar refractivity (Wildman–Crippen MR) is 92.2 cm³/mol. The summed E-state index contributed by atoms with van der Waals surface area (Å²) in [5.74, 6) is -0.659. The van der Waals surface area contributed by atoms with E-state index in [0.717, 1.165) is 18.4 Å². The summed E-state index contributed by atoms with van der Waals surface area (Å²) in [5, 5.41) is 9.50. The van der Waals surface area contributed by atoms with Crippen molar-refractivity contribution in [3.05, 3.63) is 53.9 Å². The highest BCUT2D eigenvalue weighted by Gasteiger charge is 2.23. The van der Waals surface area contributed by atoms with Crippen LogP contribution in [0.4, 0.5) is 0 Å². The van der Waals surface area contributed by atoms with Crippen LogP contribution in [0.15, 0.2) is 42.7 Å². The van der Waals surface area contributed by atoms with E-state index in [1.807, 2.05) is 30.3 Å². The largest absolute Gasteiger partial charge is 0.478 e. The van der Waals surface area contributed by atoms with Crippen molar-refractivity contribution in [2.75, 3.05) is 0 Å². The molecular weight excluding hydrogens is 302 g/mol. The molecule has 4 nitrogen and oxygen atoms in total. The Morgan fingerprint density at radius 2 is 1.67 bits per heavy atom. The lowest BCUT2D eigenvalue weighted by atomic mass is 9.83. The van der Waals surface area contributed by atoms with Crippen LogP contribution in [0.3, 0.4) is 0 Å². The Bertz CT molecular complexity index is 734. The summed E-state index contributed by atoms with van der Waals surface area (Å²) >= 11 is 0. The monoisotopic (exact) mass is 323 g/mol. The standard InChI is InChI=1S/C20H21NO3/c22-18(11-14-7-3-1-4-8-14)16-12-21-13-17(20(23)24)19(16)15-9-5-2-6-10-15/h2,5-6,9-10,12-14H,1,3-4,7-8,11H2,(H,23,24). The summed E-state index contributed by atoms with van der Waals surface area (Å²) in [6, 6.07) is 9.22. The smallest absolute Gasteiger partial charge is 0.337 e. The first kappa shape index (κ1) is 16.4. The minimum atomic E-state index is -1.06. The van der Waals surface area contributed by atoms with Gasteiger partial charge < -0.3 is 5.11 Å². The highest BCUT2D eigenvalue weighted by atomic mass is 16.4. The maximum absolute atomic E-state index is 12.8. The molecule has 0 saturated heterocycles. The van der Waals surface area contributed by atoms with E-state index < -0.39 is 5.97 Å². The maximum Gasteiger partial charge on any atom is 0.337 e. The van der Waals surface area contributed by atoms with E-state index in [4.69, 9.17) is 0 Å². The van der Waals surface area contributed by atoms with Crippen LogP contribution in [-0.2, 0) is 0 Å². The summed E-state index contributed by atoms with van der Waals surface area (Å²) < 4.78 is 0. The lowest BCUT2D eigenvalue weighted by Crippen LogP contribution is -2.14. The third-order valence-corrected chi connectivity index (χ3v) is 4.74. The quantitative estimate of drug-likeness (QED) is 0.817. The number of benzene rings is 1. The van der Waals surface area contributed by atoms with Crippen LogP contribution >= 0.6 is 0 Å². The molecule has 1 aliphatic carbocycles. The number of Topliss-reactive ketones (excluding diaryl/α,β-unsaturated/α-hetero) is 1. The molecule has 4 heteroatoms.